The van der Waals surface area contributed by atoms with Crippen molar-refractivity contribution in [2.24, 2.45) is 0 Å². The Bertz CT molecular complexity index is 1330. The predicted octanol–water partition coefficient (Wildman–Crippen LogP) is 3.42. The van der Waals surface area contributed by atoms with Crippen molar-refractivity contribution in [1.82, 2.24) is 29.5 Å². The first-order chi connectivity index (χ1) is 15.8. The number of pyridine rings is 2. The second-order valence-corrected chi connectivity index (χ2v) is 7.13. The minimum Gasteiger partial charge on any atom is -0.487 e. The lowest BCUT2D eigenvalue weighted by atomic mass is 10.2. The van der Waals surface area contributed by atoms with Crippen LogP contribution in [0.2, 0.25) is 0 Å². The highest BCUT2D eigenvalue weighted by Crippen LogP contribution is 2.16. The molecule has 0 atom stereocenters. The smallest absolute Gasteiger partial charge is 0.251 e. The van der Waals surface area contributed by atoms with Gasteiger partial charge >= 0.3 is 0 Å². The zero-order valence-electron chi connectivity index (χ0n) is 17.1. The van der Waals surface area contributed by atoms with Crippen LogP contribution in [0.3, 0.4) is 0 Å². The van der Waals surface area contributed by atoms with Crippen LogP contribution in [0.25, 0.3) is 11.5 Å². The number of carbonyl (C=O) groups is 1. The van der Waals surface area contributed by atoms with Gasteiger partial charge in [0.15, 0.2) is 5.82 Å². The van der Waals surface area contributed by atoms with Crippen LogP contribution in [0.4, 0.5) is 0 Å². The Hall–Kier alpha value is -4.46. The fourth-order valence-corrected chi connectivity index (χ4v) is 3.39. The molecule has 0 radical (unpaired) electrons. The lowest BCUT2D eigenvalue weighted by molar-refractivity contribution is 0.0950. The van der Waals surface area contributed by atoms with Crippen LogP contribution >= 0.6 is 0 Å². The number of imidazole rings is 1. The third kappa shape index (κ3) is 4.20. The van der Waals surface area contributed by atoms with Gasteiger partial charge in [0.1, 0.15) is 18.0 Å². The van der Waals surface area contributed by atoms with E-state index in [0.717, 1.165) is 16.9 Å². The minimum atomic E-state index is -0.196. The van der Waals surface area contributed by atoms with E-state index < -0.39 is 0 Å². The Morgan fingerprint density at radius 2 is 1.97 bits per heavy atom. The maximum atomic E-state index is 12.7. The molecular formula is C24H20N6O2. The number of nitrogens with one attached hydrogen (secondary N) is 1. The monoisotopic (exact) mass is 424 g/mol. The molecule has 0 aliphatic heterocycles. The van der Waals surface area contributed by atoms with Gasteiger partial charge in [-0.3, -0.25) is 4.79 Å². The van der Waals surface area contributed by atoms with Crippen LogP contribution in [0.5, 0.6) is 5.75 Å². The van der Waals surface area contributed by atoms with E-state index in [1.165, 1.54) is 0 Å². The average molecular weight is 424 g/mol. The molecular weight excluding hydrogens is 404 g/mol. The van der Waals surface area contributed by atoms with Crippen molar-refractivity contribution in [3.63, 3.8) is 0 Å². The lowest BCUT2D eigenvalue weighted by Crippen LogP contribution is -2.23. The molecule has 4 heterocycles. The number of amides is 1. The van der Waals surface area contributed by atoms with Crippen molar-refractivity contribution in [3.05, 3.63) is 108 Å². The number of hydrogen-bond acceptors (Lipinski definition) is 5. The fourth-order valence-electron chi connectivity index (χ4n) is 3.39. The standard InChI is InChI=1S/C24H20N6O2/c31-24(26-15-19-7-4-10-25-23(19)30-13-5-11-27-30)18-6-3-8-21(14-18)32-17-20-16-29-12-2-1-9-22(29)28-20/h1-14,16H,15,17H2,(H,26,31). The number of aromatic nitrogens is 5. The van der Waals surface area contributed by atoms with Crippen LogP contribution in [-0.4, -0.2) is 30.1 Å². The number of rotatable bonds is 7. The molecule has 158 valence electrons. The number of ether oxygens (including phenoxy) is 1. The SMILES string of the molecule is O=C(NCc1cccnc1-n1cccn1)c1cccc(OCc2cn3ccccc3n2)c1. The second kappa shape index (κ2) is 8.73. The molecule has 0 aliphatic rings. The molecule has 0 saturated carbocycles. The summed E-state index contributed by atoms with van der Waals surface area (Å²) in [7, 11) is 0. The van der Waals surface area contributed by atoms with Gasteiger partial charge in [0, 0.05) is 48.7 Å². The van der Waals surface area contributed by atoms with Gasteiger partial charge in [-0.05, 0) is 42.5 Å². The maximum absolute atomic E-state index is 12.7. The van der Waals surface area contributed by atoms with Gasteiger partial charge in [0.05, 0.1) is 5.69 Å². The molecule has 5 rings (SSSR count). The Kier molecular flexibility index (Phi) is 5.32. The summed E-state index contributed by atoms with van der Waals surface area (Å²) in [5.41, 5.74) is 3.06. The summed E-state index contributed by atoms with van der Waals surface area (Å²) in [6.07, 6.45) is 9.08. The van der Waals surface area contributed by atoms with E-state index in [1.54, 1.807) is 35.3 Å². The predicted molar refractivity (Wildman–Crippen MR) is 118 cm³/mol. The highest BCUT2D eigenvalue weighted by Gasteiger charge is 2.11. The molecule has 0 fully saturated rings. The molecule has 1 aromatic carbocycles. The normalized spacial score (nSPS) is 10.9. The van der Waals surface area contributed by atoms with E-state index in [1.807, 2.05) is 65.5 Å². The lowest BCUT2D eigenvalue weighted by Gasteiger charge is -2.10. The van der Waals surface area contributed by atoms with Crippen LogP contribution in [-0.2, 0) is 13.2 Å². The van der Waals surface area contributed by atoms with Gasteiger partial charge in [0.2, 0.25) is 0 Å². The van der Waals surface area contributed by atoms with E-state index in [4.69, 9.17) is 4.74 Å². The molecule has 1 amide bonds. The van der Waals surface area contributed by atoms with E-state index in [-0.39, 0.29) is 5.91 Å². The van der Waals surface area contributed by atoms with Gasteiger partial charge < -0.3 is 14.5 Å². The number of hydrogen-bond donors (Lipinski definition) is 1. The fraction of sp³-hybridized carbons (Fsp3) is 0.0833. The molecule has 0 unspecified atom stereocenters. The van der Waals surface area contributed by atoms with Crippen molar-refractivity contribution < 1.29 is 9.53 Å². The summed E-state index contributed by atoms with van der Waals surface area (Å²) in [6, 6.07) is 18.5. The molecule has 32 heavy (non-hydrogen) atoms. The molecule has 8 heteroatoms. The number of benzene rings is 1. The highest BCUT2D eigenvalue weighted by atomic mass is 16.5. The Morgan fingerprint density at radius 3 is 2.84 bits per heavy atom. The molecule has 5 aromatic rings. The van der Waals surface area contributed by atoms with Gasteiger partial charge in [-0.25, -0.2) is 14.6 Å². The molecule has 1 N–H and O–H groups in total. The third-order valence-electron chi connectivity index (χ3n) is 4.93. The largest absolute Gasteiger partial charge is 0.487 e. The maximum Gasteiger partial charge on any atom is 0.251 e. The highest BCUT2D eigenvalue weighted by molar-refractivity contribution is 5.94. The van der Waals surface area contributed by atoms with Crippen LogP contribution in [0, 0.1) is 0 Å². The number of nitrogens with zero attached hydrogens (tertiary/aromatic N) is 5. The van der Waals surface area contributed by atoms with Crippen LogP contribution < -0.4 is 10.1 Å². The van der Waals surface area contributed by atoms with Gasteiger partial charge in [0.25, 0.3) is 5.91 Å². The van der Waals surface area contributed by atoms with Crippen molar-refractivity contribution in [3.8, 4) is 11.6 Å². The van der Waals surface area contributed by atoms with E-state index in [0.29, 0.717) is 30.3 Å². The Labute approximate surface area is 184 Å². The number of carbonyl (C=O) groups excluding carboxylic acids is 1. The van der Waals surface area contributed by atoms with Crippen molar-refractivity contribution in [2.45, 2.75) is 13.2 Å². The van der Waals surface area contributed by atoms with Crippen molar-refractivity contribution in [1.29, 1.82) is 0 Å². The first kappa shape index (κ1) is 19.5. The molecule has 0 spiro atoms. The van der Waals surface area contributed by atoms with Gasteiger partial charge in [-0.15, -0.1) is 0 Å². The van der Waals surface area contributed by atoms with Crippen LogP contribution in [0.1, 0.15) is 21.6 Å². The van der Waals surface area contributed by atoms with Crippen LogP contribution in [0.15, 0.2) is 91.6 Å². The molecule has 0 saturated heterocycles. The molecule has 0 bridgehead atoms. The Morgan fingerprint density at radius 1 is 1.00 bits per heavy atom. The Balaban J connectivity index is 1.24. The first-order valence-corrected chi connectivity index (χ1v) is 10.1. The summed E-state index contributed by atoms with van der Waals surface area (Å²) in [5.74, 6) is 1.09. The summed E-state index contributed by atoms with van der Waals surface area (Å²) >= 11 is 0. The first-order valence-electron chi connectivity index (χ1n) is 10.1. The van der Waals surface area contributed by atoms with Gasteiger partial charge in [-0.1, -0.05) is 18.2 Å². The van der Waals surface area contributed by atoms with E-state index >= 15 is 0 Å². The quantitative estimate of drug-likeness (QED) is 0.433. The molecule has 4 aromatic heterocycles. The molecule has 8 nitrogen and oxygen atoms in total. The van der Waals surface area contributed by atoms with E-state index in [2.05, 4.69) is 20.4 Å². The minimum absolute atomic E-state index is 0.196. The summed E-state index contributed by atoms with van der Waals surface area (Å²) in [5, 5.41) is 7.17. The van der Waals surface area contributed by atoms with Crippen molar-refractivity contribution in [2.75, 3.05) is 0 Å². The number of fused-ring (bicyclic) bond motifs is 1. The summed E-state index contributed by atoms with van der Waals surface area (Å²) in [4.78, 5) is 21.6. The zero-order valence-corrected chi connectivity index (χ0v) is 17.1. The topological polar surface area (TPSA) is 86.3 Å². The van der Waals surface area contributed by atoms with Crippen molar-refractivity contribution >= 4 is 11.6 Å². The summed E-state index contributed by atoms with van der Waals surface area (Å²) < 4.78 is 9.48. The van der Waals surface area contributed by atoms with E-state index in [9.17, 15) is 4.79 Å². The zero-order chi connectivity index (χ0) is 21.8. The second-order valence-electron chi connectivity index (χ2n) is 7.13. The summed E-state index contributed by atoms with van der Waals surface area (Å²) in [6.45, 7) is 0.643. The van der Waals surface area contributed by atoms with Gasteiger partial charge in [-0.2, -0.15) is 5.10 Å². The third-order valence-corrected chi connectivity index (χ3v) is 4.93. The average Bonchev–Trinajstić information content (AvgIpc) is 3.51. The molecule has 0 aliphatic carbocycles.